The van der Waals surface area contributed by atoms with Gasteiger partial charge in [-0.05, 0) is 42.3 Å². The van der Waals surface area contributed by atoms with Crippen LogP contribution in [0.3, 0.4) is 0 Å². The summed E-state index contributed by atoms with van der Waals surface area (Å²) in [6.07, 6.45) is 1.85. The molecule has 0 saturated carbocycles. The van der Waals surface area contributed by atoms with Crippen molar-refractivity contribution in [3.8, 4) is 10.6 Å². The third kappa shape index (κ3) is 2.82. The summed E-state index contributed by atoms with van der Waals surface area (Å²) < 4.78 is 0. The van der Waals surface area contributed by atoms with Gasteiger partial charge < -0.3 is 0 Å². The predicted octanol–water partition coefficient (Wildman–Crippen LogP) is 5.00. The highest BCUT2D eigenvalue weighted by Crippen LogP contribution is 2.32. The maximum Gasteiger partial charge on any atom is 0.204 e. The lowest BCUT2D eigenvalue weighted by Crippen LogP contribution is -1.89. The number of thiophene rings is 2. The van der Waals surface area contributed by atoms with Gasteiger partial charge in [0.2, 0.25) is 5.13 Å². The van der Waals surface area contributed by atoms with Gasteiger partial charge in [0.1, 0.15) is 0 Å². The van der Waals surface area contributed by atoms with Crippen molar-refractivity contribution in [1.82, 2.24) is 4.98 Å². The Balaban J connectivity index is 1.74. The Kier molecular flexibility index (Phi) is 3.95. The first-order valence-corrected chi connectivity index (χ1v) is 8.66. The zero-order chi connectivity index (χ0) is 13.9. The smallest absolute Gasteiger partial charge is 0.204 e. The number of hydrazone groups is 1. The van der Waals surface area contributed by atoms with Gasteiger partial charge in [0.25, 0.3) is 0 Å². The molecule has 20 heavy (non-hydrogen) atoms. The molecular weight excluding hydrogens is 306 g/mol. The van der Waals surface area contributed by atoms with Crippen molar-refractivity contribution < 1.29 is 0 Å². The molecule has 0 bridgehead atoms. The van der Waals surface area contributed by atoms with Crippen molar-refractivity contribution >= 4 is 45.4 Å². The molecule has 0 unspecified atom stereocenters. The summed E-state index contributed by atoms with van der Waals surface area (Å²) in [6, 6.07) is 6.23. The lowest BCUT2D eigenvalue weighted by atomic mass is 10.3. The average molecular weight is 319 g/mol. The van der Waals surface area contributed by atoms with Gasteiger partial charge in [0.05, 0.1) is 16.8 Å². The number of rotatable bonds is 4. The molecule has 0 aromatic carbocycles. The maximum atomic E-state index is 4.60. The third-order valence-corrected chi connectivity index (χ3v) is 5.50. The van der Waals surface area contributed by atoms with E-state index in [9.17, 15) is 0 Å². The quantitative estimate of drug-likeness (QED) is 0.543. The first kappa shape index (κ1) is 13.5. The average Bonchev–Trinajstić information content (AvgIpc) is 3.12. The molecule has 0 fully saturated rings. The zero-order valence-corrected chi connectivity index (χ0v) is 13.5. The number of hydrogen-bond acceptors (Lipinski definition) is 6. The van der Waals surface area contributed by atoms with Gasteiger partial charge in [-0.25, -0.2) is 4.98 Å². The minimum Gasteiger partial charge on any atom is -0.253 e. The number of aromatic nitrogens is 1. The topological polar surface area (TPSA) is 37.3 Å². The lowest BCUT2D eigenvalue weighted by Gasteiger charge is -1.93. The van der Waals surface area contributed by atoms with Crippen molar-refractivity contribution in [3.63, 3.8) is 0 Å². The van der Waals surface area contributed by atoms with E-state index in [2.05, 4.69) is 52.3 Å². The van der Waals surface area contributed by atoms with E-state index < -0.39 is 0 Å². The van der Waals surface area contributed by atoms with Crippen LogP contribution in [0.2, 0.25) is 0 Å². The van der Waals surface area contributed by atoms with Gasteiger partial charge in [0.15, 0.2) is 0 Å². The summed E-state index contributed by atoms with van der Waals surface area (Å²) in [5.74, 6) is 0. The number of aryl methyl sites for hydroxylation is 2. The monoisotopic (exact) mass is 319 g/mol. The Bertz CT molecular complexity index is 723. The lowest BCUT2D eigenvalue weighted by molar-refractivity contribution is 1.29. The molecule has 1 N–H and O–H groups in total. The normalized spacial score (nSPS) is 11.3. The SMILES string of the molecule is Cc1ccsc1/C=N\Nc1nc(-c2cccs2)c(C)s1. The molecule has 0 aliphatic rings. The molecule has 3 heterocycles. The second kappa shape index (κ2) is 5.87. The molecule has 0 atom stereocenters. The molecule has 0 saturated heterocycles. The Labute approximate surface area is 129 Å². The highest BCUT2D eigenvalue weighted by atomic mass is 32.1. The molecule has 3 aromatic rings. The first-order chi connectivity index (χ1) is 9.74. The van der Waals surface area contributed by atoms with Crippen LogP contribution in [0.5, 0.6) is 0 Å². The Morgan fingerprint density at radius 1 is 1.20 bits per heavy atom. The molecule has 0 aliphatic heterocycles. The van der Waals surface area contributed by atoms with Crippen LogP contribution in [0.15, 0.2) is 34.1 Å². The minimum absolute atomic E-state index is 0.830. The van der Waals surface area contributed by atoms with Crippen molar-refractivity contribution in [3.05, 3.63) is 44.3 Å². The molecule has 0 aliphatic carbocycles. The second-order valence-electron chi connectivity index (χ2n) is 4.24. The highest BCUT2D eigenvalue weighted by Gasteiger charge is 2.09. The molecular formula is C14H13N3S3. The molecule has 0 amide bonds. The van der Waals surface area contributed by atoms with E-state index in [1.165, 1.54) is 20.2 Å². The summed E-state index contributed by atoms with van der Waals surface area (Å²) in [6.45, 7) is 4.17. The molecule has 3 aromatic heterocycles. The van der Waals surface area contributed by atoms with Crippen LogP contribution in [0.1, 0.15) is 15.3 Å². The van der Waals surface area contributed by atoms with Crippen LogP contribution in [-0.2, 0) is 0 Å². The number of nitrogens with one attached hydrogen (secondary N) is 1. The van der Waals surface area contributed by atoms with Gasteiger partial charge in [-0.15, -0.1) is 34.0 Å². The standard InChI is InChI=1S/C14H13N3S3/c1-9-5-7-19-12(9)8-15-17-14-16-13(10(2)20-14)11-4-3-6-18-11/h3-8H,1-2H3,(H,16,17)/b15-8-. The second-order valence-corrected chi connectivity index (χ2v) is 7.34. The van der Waals surface area contributed by atoms with Crippen molar-refractivity contribution in [2.75, 3.05) is 5.43 Å². The summed E-state index contributed by atoms with van der Waals surface area (Å²) in [7, 11) is 0. The number of hydrogen-bond donors (Lipinski definition) is 1. The summed E-state index contributed by atoms with van der Waals surface area (Å²) >= 11 is 5.02. The van der Waals surface area contributed by atoms with E-state index in [0.717, 1.165) is 10.8 Å². The maximum absolute atomic E-state index is 4.60. The zero-order valence-electron chi connectivity index (χ0n) is 11.1. The van der Waals surface area contributed by atoms with Crippen LogP contribution in [0, 0.1) is 13.8 Å². The Hall–Kier alpha value is -1.50. The van der Waals surface area contributed by atoms with Gasteiger partial charge in [0, 0.05) is 9.75 Å². The van der Waals surface area contributed by atoms with E-state index in [1.807, 2.05) is 12.3 Å². The van der Waals surface area contributed by atoms with Crippen LogP contribution >= 0.6 is 34.0 Å². The van der Waals surface area contributed by atoms with E-state index >= 15 is 0 Å². The van der Waals surface area contributed by atoms with Crippen LogP contribution in [0.25, 0.3) is 10.6 Å². The number of thiazole rings is 1. The van der Waals surface area contributed by atoms with Crippen molar-refractivity contribution in [1.29, 1.82) is 0 Å². The fourth-order valence-corrected chi connectivity index (χ4v) is 4.15. The van der Waals surface area contributed by atoms with Gasteiger partial charge >= 0.3 is 0 Å². The summed E-state index contributed by atoms with van der Waals surface area (Å²) in [5, 5.41) is 9.23. The predicted molar refractivity (Wildman–Crippen MR) is 90.4 cm³/mol. The van der Waals surface area contributed by atoms with Crippen LogP contribution in [0.4, 0.5) is 5.13 Å². The van der Waals surface area contributed by atoms with E-state index in [4.69, 9.17) is 0 Å². The van der Waals surface area contributed by atoms with E-state index in [1.54, 1.807) is 34.0 Å². The van der Waals surface area contributed by atoms with Crippen molar-refractivity contribution in [2.24, 2.45) is 5.10 Å². The molecule has 3 rings (SSSR count). The van der Waals surface area contributed by atoms with E-state index in [-0.39, 0.29) is 0 Å². The van der Waals surface area contributed by atoms with Crippen LogP contribution in [-0.4, -0.2) is 11.2 Å². The largest absolute Gasteiger partial charge is 0.253 e. The molecule has 3 nitrogen and oxygen atoms in total. The molecule has 6 heteroatoms. The first-order valence-electron chi connectivity index (χ1n) is 6.08. The van der Waals surface area contributed by atoms with Crippen molar-refractivity contribution in [2.45, 2.75) is 13.8 Å². The summed E-state index contributed by atoms with van der Waals surface area (Å²) in [5.41, 5.74) is 5.32. The van der Waals surface area contributed by atoms with Gasteiger partial charge in [-0.3, -0.25) is 5.43 Å². The van der Waals surface area contributed by atoms with Gasteiger partial charge in [-0.2, -0.15) is 5.10 Å². The Morgan fingerprint density at radius 2 is 2.10 bits per heavy atom. The minimum atomic E-state index is 0.830. The highest BCUT2D eigenvalue weighted by molar-refractivity contribution is 7.17. The molecule has 0 radical (unpaired) electrons. The van der Waals surface area contributed by atoms with Gasteiger partial charge in [-0.1, -0.05) is 6.07 Å². The van der Waals surface area contributed by atoms with Crippen LogP contribution < -0.4 is 5.43 Å². The fraction of sp³-hybridized carbons (Fsp3) is 0.143. The third-order valence-electron chi connectivity index (χ3n) is 2.79. The fourth-order valence-electron chi connectivity index (χ4n) is 1.75. The molecule has 0 spiro atoms. The number of nitrogens with zero attached hydrogens (tertiary/aromatic N) is 2. The summed E-state index contributed by atoms with van der Waals surface area (Å²) in [4.78, 5) is 8.18. The van der Waals surface area contributed by atoms with E-state index in [0.29, 0.717) is 0 Å². The Morgan fingerprint density at radius 3 is 2.80 bits per heavy atom. The molecule has 102 valence electrons. The number of anilines is 1.